The lowest BCUT2D eigenvalue weighted by Crippen LogP contribution is -2.72. The maximum Gasteiger partial charge on any atom is 0.0384 e. The van der Waals surface area contributed by atoms with E-state index in [2.05, 4.69) is 554 Å². The summed E-state index contributed by atoms with van der Waals surface area (Å²) >= 11 is 0. The Morgan fingerprint density at radius 3 is 1.06 bits per heavy atom. The molecule has 4 heteroatoms. The van der Waals surface area contributed by atoms with E-state index in [0.29, 0.717) is 23.8 Å². The smallest absolute Gasteiger partial charge is 0.0384 e. The van der Waals surface area contributed by atoms with Crippen LogP contribution in [0.5, 0.6) is 0 Å². The fourth-order valence-corrected chi connectivity index (χ4v) is 26.3. The maximum absolute atomic E-state index is 4.14. The first-order chi connectivity index (χ1) is 71.6. The second-order valence-electron chi connectivity index (χ2n) is 48.2. The summed E-state index contributed by atoms with van der Waals surface area (Å²) in [6, 6.07) is 145. The van der Waals surface area contributed by atoms with Crippen molar-refractivity contribution in [3.63, 3.8) is 0 Å². The molecule has 0 saturated heterocycles. The Hall–Kier alpha value is -12.8. The number of aryl methyl sites for hydroxylation is 2. The molecule has 16 aromatic carbocycles. The SMILES string of the molecule is CC(C)(c1ccccc1)c1ccc(Cc2ccc(C(C)(C)c3ccccc3)cc2)cc1.CC(C)CC(C)Nc1ccc(Cc2ccccc2)cc1.CC1C(C)(C)Cc2ccccc2C1(C)C1C(C)(C)Nc2ccccc2C1(C)C1C(C)(C)Nc2ccccc2C1(C)C.CCCCCCCCc1ccc(Nc2ccc(CCCCCCCC)cc2)cc1.c1ccc2cc(Cc3ccc(Cc4ccc5ccccc5c4)cc3)ccc2c1. The molecule has 0 radical (unpaired) electrons. The zero-order valence-electron chi connectivity index (χ0n) is 94.1. The molecule has 149 heavy (non-hydrogen) atoms. The molecule has 0 saturated carbocycles. The molecule has 6 atom stereocenters. The highest BCUT2D eigenvalue weighted by molar-refractivity contribution is 5.84. The summed E-state index contributed by atoms with van der Waals surface area (Å²) in [5, 5.41) is 20.6. The monoisotopic (exact) mass is 1970 g/mol. The minimum Gasteiger partial charge on any atom is -0.383 e. The van der Waals surface area contributed by atoms with Crippen LogP contribution in [0.15, 0.2) is 394 Å². The lowest BCUT2D eigenvalue weighted by Gasteiger charge is -2.69. The summed E-state index contributed by atoms with van der Waals surface area (Å²) < 4.78 is 0. The quantitative estimate of drug-likeness (QED) is 0.0304. The molecule has 0 aromatic heterocycles. The number of benzene rings is 16. The Kier molecular flexibility index (Phi) is 37.2. The first-order valence-electron chi connectivity index (χ1n) is 56.7. The molecule has 0 bridgehead atoms. The molecule has 774 valence electrons. The van der Waals surface area contributed by atoms with E-state index in [1.54, 1.807) is 5.56 Å². The summed E-state index contributed by atoms with van der Waals surface area (Å²) in [5.41, 5.74) is 30.9. The van der Waals surface area contributed by atoms with Crippen LogP contribution in [0.4, 0.5) is 28.4 Å². The van der Waals surface area contributed by atoms with Gasteiger partial charge in [0.2, 0.25) is 0 Å². The number of para-hydroxylation sites is 2. The van der Waals surface area contributed by atoms with Crippen molar-refractivity contribution in [1.29, 1.82) is 0 Å². The van der Waals surface area contributed by atoms with Gasteiger partial charge < -0.3 is 21.3 Å². The molecule has 2 aliphatic heterocycles. The summed E-state index contributed by atoms with van der Waals surface area (Å²) in [6.07, 6.45) is 25.0. The van der Waals surface area contributed by atoms with Gasteiger partial charge in [-0.2, -0.15) is 0 Å². The van der Waals surface area contributed by atoms with Gasteiger partial charge >= 0.3 is 0 Å². The second-order valence-corrected chi connectivity index (χ2v) is 48.2. The van der Waals surface area contributed by atoms with E-state index in [4.69, 9.17) is 0 Å². The van der Waals surface area contributed by atoms with Crippen molar-refractivity contribution in [2.75, 3.05) is 21.3 Å². The van der Waals surface area contributed by atoms with Gasteiger partial charge in [0, 0.05) is 79.1 Å². The van der Waals surface area contributed by atoms with Crippen molar-refractivity contribution in [2.24, 2.45) is 29.1 Å². The topological polar surface area (TPSA) is 48.1 Å². The van der Waals surface area contributed by atoms with Crippen LogP contribution in [0.1, 0.15) is 322 Å². The van der Waals surface area contributed by atoms with Crippen LogP contribution in [0.3, 0.4) is 0 Å². The molecular weight excluding hydrogens is 1800 g/mol. The van der Waals surface area contributed by atoms with Crippen molar-refractivity contribution in [3.05, 3.63) is 494 Å². The van der Waals surface area contributed by atoms with E-state index in [1.807, 2.05) is 0 Å². The minimum absolute atomic E-state index is 0.00442. The zero-order chi connectivity index (χ0) is 105. The van der Waals surface area contributed by atoms with Crippen LogP contribution in [-0.4, -0.2) is 17.1 Å². The van der Waals surface area contributed by atoms with E-state index >= 15 is 0 Å². The lowest BCUT2D eigenvalue weighted by atomic mass is 9.37. The molecule has 2 heterocycles. The predicted molar refractivity (Wildman–Crippen MR) is 647 cm³/mol. The van der Waals surface area contributed by atoms with Gasteiger partial charge in [0.05, 0.1) is 0 Å². The molecule has 4 N–H and O–H groups in total. The third-order valence-corrected chi connectivity index (χ3v) is 33.8. The number of nitrogens with one attached hydrogen (secondary N) is 4. The van der Waals surface area contributed by atoms with E-state index < -0.39 is 0 Å². The van der Waals surface area contributed by atoms with Crippen LogP contribution in [0.2, 0.25) is 0 Å². The third kappa shape index (κ3) is 27.9. The Bertz CT molecular complexity index is 6590. The lowest BCUT2D eigenvalue weighted by molar-refractivity contribution is -0.0466. The molecule has 0 fully saturated rings. The molecule has 0 spiro atoms. The highest BCUT2D eigenvalue weighted by Gasteiger charge is 2.68. The average molecular weight is 1970 g/mol. The predicted octanol–water partition coefficient (Wildman–Crippen LogP) is 39.2. The van der Waals surface area contributed by atoms with Crippen LogP contribution >= 0.6 is 0 Å². The Labute approximate surface area is 899 Å². The number of unbranched alkanes of at least 4 members (excludes halogenated alkanes) is 10. The van der Waals surface area contributed by atoms with Gasteiger partial charge in [-0.25, -0.2) is 0 Å². The maximum atomic E-state index is 4.14. The first-order valence-corrected chi connectivity index (χ1v) is 56.7. The third-order valence-electron chi connectivity index (χ3n) is 33.8. The van der Waals surface area contributed by atoms with Crippen LogP contribution in [0.25, 0.3) is 21.5 Å². The normalized spacial score (nSPS) is 17.7. The number of hydrogen-bond donors (Lipinski definition) is 4. The molecule has 1 aliphatic carbocycles. The highest BCUT2D eigenvalue weighted by atomic mass is 15.1. The van der Waals surface area contributed by atoms with Crippen LogP contribution < -0.4 is 21.3 Å². The number of anilines is 5. The second kappa shape index (κ2) is 50.2. The molecule has 0 amide bonds. The number of hydrogen-bond acceptors (Lipinski definition) is 4. The zero-order valence-corrected chi connectivity index (χ0v) is 94.1. The molecule has 6 unspecified atom stereocenters. The standard InChI is InChI=1S/C39H52N2.C31H32.C28H43N.C28H22.C19H25N/c1-25-34(2,3)24-26-18-12-13-19-27(26)38(25,10)33-37(8,9)41-31-23-17-15-21-29(31)39(33,11)32-35(4,5)28-20-14-16-22-30(28)40-36(32,6)7;1-30(2,26-11-7-5-8-12-26)28-19-15-24(16-20-28)23-25-17-21-29(22-18-25)31(3,4)27-13-9-6-10-14-27;1-3-5-7-9-11-13-15-25-17-21-27(22-18-25)29-28-23-19-26(20-24-28)16-14-12-10-8-6-4-2;1-3-7-27-19-23(13-15-25(27)5-1)17-21-9-11-22(12-10-21)18-24-14-16-26-6-2-4-8-28(26)20-24;1-15(2)13-16(3)20-19-11-9-18(10-12-19)14-17-7-5-4-6-8-17/h12-23,25,32-33,40-41H,24H2,1-11H3;5-22H,23H2,1-4H3;17-24,29H,3-16H2,1-2H3;1-16,19-20H,17-18H2;4-12,15-16,20H,13-14H2,1-3H3. The minimum atomic E-state index is -0.164. The molecule has 19 rings (SSSR count). The van der Waals surface area contributed by atoms with Gasteiger partial charge in [-0.3, -0.25) is 0 Å². The highest BCUT2D eigenvalue weighted by Crippen LogP contribution is 2.69. The van der Waals surface area contributed by atoms with Gasteiger partial charge in [0.1, 0.15) is 0 Å². The van der Waals surface area contributed by atoms with E-state index in [-0.39, 0.29) is 43.6 Å². The Balaban J connectivity index is 0.000000142. The molecular formula is C145H174N4. The van der Waals surface area contributed by atoms with Crippen molar-refractivity contribution in [1.82, 2.24) is 0 Å². The van der Waals surface area contributed by atoms with Gasteiger partial charge in [-0.15, -0.1) is 0 Å². The first kappa shape index (κ1) is 110. The van der Waals surface area contributed by atoms with Crippen molar-refractivity contribution in [2.45, 2.75) is 311 Å². The summed E-state index contributed by atoms with van der Waals surface area (Å²) in [7, 11) is 0. The summed E-state index contributed by atoms with van der Waals surface area (Å²) in [4.78, 5) is 0. The number of rotatable bonds is 34. The van der Waals surface area contributed by atoms with Gasteiger partial charge in [0.15, 0.2) is 0 Å². The van der Waals surface area contributed by atoms with Gasteiger partial charge in [-0.05, 0) is 292 Å². The van der Waals surface area contributed by atoms with E-state index in [9.17, 15) is 0 Å². The van der Waals surface area contributed by atoms with Crippen LogP contribution in [-0.2, 0) is 72.0 Å². The Morgan fingerprint density at radius 1 is 0.295 bits per heavy atom. The molecule has 4 nitrogen and oxygen atoms in total. The van der Waals surface area contributed by atoms with Crippen molar-refractivity contribution < 1.29 is 0 Å². The molecule has 16 aromatic rings. The van der Waals surface area contributed by atoms with Crippen LogP contribution in [0, 0.1) is 29.1 Å². The van der Waals surface area contributed by atoms with Crippen molar-refractivity contribution >= 4 is 50.0 Å². The van der Waals surface area contributed by atoms with Crippen molar-refractivity contribution in [3.8, 4) is 0 Å². The average Bonchev–Trinajstić information content (AvgIpc) is 0.666. The van der Waals surface area contributed by atoms with E-state index in [1.165, 1.54) is 241 Å². The largest absolute Gasteiger partial charge is 0.383 e. The van der Waals surface area contributed by atoms with E-state index in [0.717, 1.165) is 38.0 Å². The molecule has 3 aliphatic rings. The fraction of sp³-hybridized carbons (Fsp3) is 0.366. The summed E-state index contributed by atoms with van der Waals surface area (Å²) in [6.45, 7) is 48.3. The Morgan fingerprint density at radius 2 is 0.617 bits per heavy atom. The summed E-state index contributed by atoms with van der Waals surface area (Å²) in [5.74, 6) is 1.83. The number of fused-ring (bicyclic) bond motifs is 5. The van der Waals surface area contributed by atoms with Gasteiger partial charge in [-0.1, -0.05) is 514 Å². The van der Waals surface area contributed by atoms with Gasteiger partial charge in [0.25, 0.3) is 0 Å². The fourth-order valence-electron chi connectivity index (χ4n) is 26.3.